The van der Waals surface area contributed by atoms with Crippen molar-refractivity contribution in [2.75, 3.05) is 26.3 Å². The van der Waals surface area contributed by atoms with Crippen molar-refractivity contribution < 1.29 is 14.1 Å². The van der Waals surface area contributed by atoms with Gasteiger partial charge in [0.25, 0.3) is 5.91 Å². The van der Waals surface area contributed by atoms with Crippen LogP contribution in [0, 0.1) is 13.8 Å². The first-order valence-corrected chi connectivity index (χ1v) is 9.08. The Hall–Kier alpha value is -2.71. The van der Waals surface area contributed by atoms with Crippen molar-refractivity contribution in [1.82, 2.24) is 25.3 Å². The number of imidazole rings is 1. The molecule has 0 spiro atoms. The van der Waals surface area contributed by atoms with Gasteiger partial charge in [0.2, 0.25) is 0 Å². The van der Waals surface area contributed by atoms with Gasteiger partial charge in [-0.05, 0) is 37.1 Å². The van der Waals surface area contributed by atoms with E-state index in [1.54, 1.807) is 6.07 Å². The van der Waals surface area contributed by atoms with E-state index in [4.69, 9.17) is 9.26 Å². The van der Waals surface area contributed by atoms with Gasteiger partial charge < -0.3 is 19.6 Å². The molecule has 0 unspecified atom stereocenters. The SMILES string of the molecule is Cc1cc2nc(CNC(=O)c3cc(CN4CCOCC4)on3)[nH]c2cc1C. The first-order valence-electron chi connectivity index (χ1n) is 9.08. The molecule has 0 aliphatic carbocycles. The van der Waals surface area contributed by atoms with Crippen molar-refractivity contribution in [2.24, 2.45) is 0 Å². The predicted molar refractivity (Wildman–Crippen MR) is 99.3 cm³/mol. The minimum absolute atomic E-state index is 0.278. The molecule has 4 rings (SSSR count). The Balaban J connectivity index is 1.36. The number of fused-ring (bicyclic) bond motifs is 1. The molecule has 1 aliphatic rings. The number of aromatic amines is 1. The predicted octanol–water partition coefficient (Wildman–Crippen LogP) is 1.93. The Morgan fingerprint density at radius 2 is 2.00 bits per heavy atom. The maximum Gasteiger partial charge on any atom is 0.273 e. The Morgan fingerprint density at radius 1 is 1.22 bits per heavy atom. The molecule has 1 amide bonds. The number of nitrogens with one attached hydrogen (secondary N) is 2. The topological polar surface area (TPSA) is 96.3 Å². The summed E-state index contributed by atoms with van der Waals surface area (Å²) in [6, 6.07) is 5.80. The third-order valence-corrected chi connectivity index (χ3v) is 4.84. The molecule has 8 heteroatoms. The lowest BCUT2D eigenvalue weighted by Gasteiger charge is -2.25. The van der Waals surface area contributed by atoms with Gasteiger partial charge in [0.15, 0.2) is 11.5 Å². The fourth-order valence-corrected chi connectivity index (χ4v) is 3.13. The molecule has 0 bridgehead atoms. The highest BCUT2D eigenvalue weighted by Gasteiger charge is 2.17. The molecule has 8 nitrogen and oxygen atoms in total. The third-order valence-electron chi connectivity index (χ3n) is 4.84. The van der Waals surface area contributed by atoms with Crippen LogP contribution < -0.4 is 5.32 Å². The number of hydrogen-bond donors (Lipinski definition) is 2. The summed E-state index contributed by atoms with van der Waals surface area (Å²) in [6.45, 7) is 8.21. The number of hydrogen-bond acceptors (Lipinski definition) is 6. The molecule has 1 fully saturated rings. The Kier molecular flexibility index (Phi) is 4.91. The van der Waals surface area contributed by atoms with E-state index in [-0.39, 0.29) is 11.6 Å². The summed E-state index contributed by atoms with van der Waals surface area (Å²) in [5.41, 5.74) is 4.55. The molecule has 3 aromatic rings. The lowest BCUT2D eigenvalue weighted by atomic mass is 10.1. The number of aromatic nitrogens is 3. The summed E-state index contributed by atoms with van der Waals surface area (Å²) in [7, 11) is 0. The van der Waals surface area contributed by atoms with Crippen LogP contribution in [0.5, 0.6) is 0 Å². The summed E-state index contributed by atoms with van der Waals surface area (Å²) in [5, 5.41) is 6.72. The number of rotatable bonds is 5. The van der Waals surface area contributed by atoms with E-state index in [0.29, 0.717) is 24.7 Å². The number of carbonyl (C=O) groups excluding carboxylic acids is 1. The van der Waals surface area contributed by atoms with E-state index in [1.807, 2.05) is 6.07 Å². The van der Waals surface area contributed by atoms with E-state index in [9.17, 15) is 4.79 Å². The summed E-state index contributed by atoms with van der Waals surface area (Å²) < 4.78 is 10.6. The molecule has 2 aromatic heterocycles. The van der Waals surface area contributed by atoms with Crippen molar-refractivity contribution in [3.8, 4) is 0 Å². The van der Waals surface area contributed by atoms with Gasteiger partial charge in [-0.2, -0.15) is 0 Å². The highest BCUT2D eigenvalue weighted by molar-refractivity contribution is 5.92. The molecule has 27 heavy (non-hydrogen) atoms. The molecule has 2 N–H and O–H groups in total. The van der Waals surface area contributed by atoms with Crippen molar-refractivity contribution in [3.63, 3.8) is 0 Å². The van der Waals surface area contributed by atoms with Gasteiger partial charge in [-0.1, -0.05) is 5.16 Å². The maximum absolute atomic E-state index is 12.3. The van der Waals surface area contributed by atoms with E-state index < -0.39 is 0 Å². The number of carbonyl (C=O) groups is 1. The first kappa shape index (κ1) is 17.7. The minimum Gasteiger partial charge on any atom is -0.379 e. The van der Waals surface area contributed by atoms with Crippen LogP contribution in [0.1, 0.15) is 33.2 Å². The van der Waals surface area contributed by atoms with Crippen LogP contribution in [-0.2, 0) is 17.8 Å². The Labute approximate surface area is 156 Å². The molecule has 1 aromatic carbocycles. The van der Waals surface area contributed by atoms with E-state index >= 15 is 0 Å². The van der Waals surface area contributed by atoms with Crippen LogP contribution in [0.4, 0.5) is 0 Å². The first-order chi connectivity index (χ1) is 13.1. The number of aryl methyl sites for hydroxylation is 2. The monoisotopic (exact) mass is 369 g/mol. The Bertz CT molecular complexity index is 917. The van der Waals surface area contributed by atoms with Crippen molar-refractivity contribution in [1.29, 1.82) is 0 Å². The summed E-state index contributed by atoms with van der Waals surface area (Å²) >= 11 is 0. The van der Waals surface area contributed by atoms with E-state index in [0.717, 1.165) is 37.3 Å². The second-order valence-electron chi connectivity index (χ2n) is 6.89. The molecule has 1 saturated heterocycles. The molecule has 1 aliphatic heterocycles. The lowest BCUT2D eigenvalue weighted by Crippen LogP contribution is -2.35. The zero-order valence-corrected chi connectivity index (χ0v) is 15.5. The molecule has 0 saturated carbocycles. The molecule has 142 valence electrons. The largest absolute Gasteiger partial charge is 0.379 e. The van der Waals surface area contributed by atoms with Gasteiger partial charge >= 0.3 is 0 Å². The smallest absolute Gasteiger partial charge is 0.273 e. The average Bonchev–Trinajstić information content (AvgIpc) is 3.28. The summed E-state index contributed by atoms with van der Waals surface area (Å²) in [6.07, 6.45) is 0. The number of morpholine rings is 1. The van der Waals surface area contributed by atoms with Crippen LogP contribution in [0.25, 0.3) is 11.0 Å². The minimum atomic E-state index is -0.278. The highest BCUT2D eigenvalue weighted by atomic mass is 16.5. The number of nitrogens with zero attached hydrogens (tertiary/aromatic N) is 3. The van der Waals surface area contributed by atoms with Crippen molar-refractivity contribution in [2.45, 2.75) is 26.9 Å². The zero-order valence-electron chi connectivity index (χ0n) is 15.5. The number of benzene rings is 1. The molecule has 0 atom stereocenters. The van der Waals surface area contributed by atoms with E-state index in [1.165, 1.54) is 11.1 Å². The number of amides is 1. The van der Waals surface area contributed by atoms with Gasteiger partial charge in [0.05, 0.1) is 37.3 Å². The molecule has 3 heterocycles. The van der Waals surface area contributed by atoms with Crippen LogP contribution in [0.3, 0.4) is 0 Å². The lowest BCUT2D eigenvalue weighted by molar-refractivity contribution is 0.0305. The fourth-order valence-electron chi connectivity index (χ4n) is 3.13. The number of H-pyrrole nitrogens is 1. The normalized spacial score (nSPS) is 15.3. The van der Waals surface area contributed by atoms with Gasteiger partial charge in [-0.3, -0.25) is 9.69 Å². The van der Waals surface area contributed by atoms with E-state index in [2.05, 4.69) is 45.3 Å². The van der Waals surface area contributed by atoms with Gasteiger partial charge in [0, 0.05) is 19.2 Å². The van der Waals surface area contributed by atoms with Crippen LogP contribution >= 0.6 is 0 Å². The van der Waals surface area contributed by atoms with Crippen molar-refractivity contribution in [3.05, 3.63) is 46.6 Å². The average molecular weight is 369 g/mol. The summed E-state index contributed by atoms with van der Waals surface area (Å²) in [4.78, 5) is 22.3. The van der Waals surface area contributed by atoms with Crippen LogP contribution in [-0.4, -0.2) is 52.2 Å². The highest BCUT2D eigenvalue weighted by Crippen LogP contribution is 2.17. The molecule has 0 radical (unpaired) electrons. The quantitative estimate of drug-likeness (QED) is 0.713. The van der Waals surface area contributed by atoms with Crippen molar-refractivity contribution >= 4 is 16.9 Å². The Morgan fingerprint density at radius 3 is 2.81 bits per heavy atom. The van der Waals surface area contributed by atoms with Crippen LogP contribution in [0.2, 0.25) is 0 Å². The van der Waals surface area contributed by atoms with Gasteiger partial charge in [-0.15, -0.1) is 0 Å². The van der Waals surface area contributed by atoms with Gasteiger partial charge in [-0.25, -0.2) is 4.98 Å². The fraction of sp³-hybridized carbons (Fsp3) is 0.421. The molecular formula is C19H23N5O3. The second-order valence-corrected chi connectivity index (χ2v) is 6.89. The van der Waals surface area contributed by atoms with Gasteiger partial charge in [0.1, 0.15) is 5.82 Å². The molecular weight excluding hydrogens is 346 g/mol. The van der Waals surface area contributed by atoms with Crippen LogP contribution in [0.15, 0.2) is 22.7 Å². The maximum atomic E-state index is 12.3. The zero-order chi connectivity index (χ0) is 18.8. The third kappa shape index (κ3) is 4.01. The second kappa shape index (κ2) is 7.50. The summed E-state index contributed by atoms with van der Waals surface area (Å²) in [5.74, 6) is 1.11. The number of ether oxygens (including phenoxy) is 1. The standard InChI is InChI=1S/C19H23N5O3/c1-12-7-15-16(8-13(12)2)22-18(21-15)10-20-19(25)17-9-14(27-23-17)11-24-3-5-26-6-4-24/h7-9H,3-6,10-11H2,1-2H3,(H,20,25)(H,21,22).